The molecule has 1 aromatic rings. The minimum Gasteiger partial charge on any atom is -0.496 e. The highest BCUT2D eigenvalue weighted by molar-refractivity contribution is 5.88. The first-order chi connectivity index (χ1) is 9.72. The van der Waals surface area contributed by atoms with Crippen LogP contribution in [0.1, 0.15) is 24.5 Å². The maximum Gasteiger partial charge on any atom is 0.385 e. The first kappa shape index (κ1) is 15.2. The van der Waals surface area contributed by atoms with E-state index in [2.05, 4.69) is 23.7 Å². The predicted octanol–water partition coefficient (Wildman–Crippen LogP) is 2.33. The second-order valence-electron chi connectivity index (χ2n) is 3.70. The van der Waals surface area contributed by atoms with E-state index in [0.717, 1.165) is 0 Å². The fourth-order valence-corrected chi connectivity index (χ4v) is 1.48. The van der Waals surface area contributed by atoms with Crippen LogP contribution in [-0.2, 0) is 9.53 Å². The molecular weight excluding hydrogens is 252 g/mol. The van der Waals surface area contributed by atoms with E-state index in [-0.39, 0.29) is 0 Å². The van der Waals surface area contributed by atoms with Gasteiger partial charge in [0.2, 0.25) is 0 Å². The van der Waals surface area contributed by atoms with Crippen LogP contribution in [0.15, 0.2) is 24.3 Å². The first-order valence-electron chi connectivity index (χ1n) is 5.95. The summed E-state index contributed by atoms with van der Waals surface area (Å²) >= 11 is 0. The zero-order chi connectivity index (χ0) is 14.8. The molecule has 0 aliphatic rings. The first-order valence-corrected chi connectivity index (χ1v) is 5.95. The van der Waals surface area contributed by atoms with Crippen LogP contribution < -0.4 is 4.74 Å². The van der Waals surface area contributed by atoms with E-state index in [9.17, 15) is 4.79 Å². The van der Waals surface area contributed by atoms with E-state index in [1.807, 2.05) is 0 Å². The highest BCUT2D eigenvalue weighted by atomic mass is 16.5. The molecule has 1 rings (SSSR count). The summed E-state index contributed by atoms with van der Waals surface area (Å²) in [7, 11) is 1.52. The Kier molecular flexibility index (Phi) is 6.32. The van der Waals surface area contributed by atoms with Crippen molar-refractivity contribution in [2.75, 3.05) is 7.11 Å². The lowest BCUT2D eigenvalue weighted by Gasteiger charge is -2.13. The zero-order valence-electron chi connectivity index (χ0n) is 11.2. The molecule has 100 valence electrons. The van der Waals surface area contributed by atoms with E-state index < -0.39 is 12.1 Å². The molecule has 0 aromatic heterocycles. The van der Waals surface area contributed by atoms with Gasteiger partial charge in [-0.2, -0.15) is 0 Å². The summed E-state index contributed by atoms with van der Waals surface area (Å²) in [5, 5.41) is 0. The molecule has 3 heteroatoms. The SMILES string of the molecule is C#CCCC#CC(=O)OC(C#C)c1ccccc1OC. The Hall–Kier alpha value is -2.83. The van der Waals surface area contributed by atoms with Crippen molar-refractivity contribution in [3.63, 3.8) is 0 Å². The Bertz CT molecular complexity index is 606. The summed E-state index contributed by atoms with van der Waals surface area (Å²) in [6, 6.07) is 7.07. The molecule has 1 atom stereocenters. The van der Waals surface area contributed by atoms with Crippen LogP contribution in [0.5, 0.6) is 5.75 Å². The van der Waals surface area contributed by atoms with Gasteiger partial charge in [-0.05, 0) is 6.07 Å². The number of hydrogen-bond acceptors (Lipinski definition) is 3. The lowest BCUT2D eigenvalue weighted by molar-refractivity contribution is -0.139. The van der Waals surface area contributed by atoms with E-state index in [1.165, 1.54) is 7.11 Å². The molecule has 0 saturated carbocycles. The van der Waals surface area contributed by atoms with Gasteiger partial charge in [0, 0.05) is 24.3 Å². The number of terminal acetylenes is 2. The average Bonchev–Trinajstić information content (AvgIpc) is 2.49. The molecule has 20 heavy (non-hydrogen) atoms. The number of hydrogen-bond donors (Lipinski definition) is 0. The van der Waals surface area contributed by atoms with Crippen LogP contribution in [0, 0.1) is 36.5 Å². The number of para-hydroxylation sites is 1. The molecule has 0 radical (unpaired) electrons. The number of benzene rings is 1. The predicted molar refractivity (Wildman–Crippen MR) is 76.5 cm³/mol. The molecule has 0 bridgehead atoms. The Morgan fingerprint density at radius 1 is 1.30 bits per heavy atom. The third-order valence-corrected chi connectivity index (χ3v) is 2.38. The van der Waals surface area contributed by atoms with Gasteiger partial charge in [-0.3, -0.25) is 0 Å². The van der Waals surface area contributed by atoms with Gasteiger partial charge < -0.3 is 9.47 Å². The molecule has 0 aliphatic carbocycles. The van der Waals surface area contributed by atoms with Crippen molar-refractivity contribution < 1.29 is 14.3 Å². The molecule has 0 spiro atoms. The van der Waals surface area contributed by atoms with Crippen molar-refractivity contribution in [3.8, 4) is 42.3 Å². The maximum absolute atomic E-state index is 11.6. The van der Waals surface area contributed by atoms with Crippen LogP contribution in [0.4, 0.5) is 0 Å². The fraction of sp³-hybridized carbons (Fsp3) is 0.235. The number of unbranched alkanes of at least 4 members (excludes halogenated alkanes) is 1. The lowest BCUT2D eigenvalue weighted by Crippen LogP contribution is -2.09. The number of carbonyl (C=O) groups is 1. The summed E-state index contributed by atoms with van der Waals surface area (Å²) in [4.78, 5) is 11.6. The maximum atomic E-state index is 11.6. The quantitative estimate of drug-likeness (QED) is 0.363. The van der Waals surface area contributed by atoms with Crippen molar-refractivity contribution in [1.29, 1.82) is 0 Å². The van der Waals surface area contributed by atoms with Crippen molar-refractivity contribution in [2.24, 2.45) is 0 Å². The molecule has 0 saturated heterocycles. The van der Waals surface area contributed by atoms with Gasteiger partial charge in [0.25, 0.3) is 0 Å². The molecule has 3 nitrogen and oxygen atoms in total. The van der Waals surface area contributed by atoms with Gasteiger partial charge in [0.1, 0.15) is 5.75 Å². The lowest BCUT2D eigenvalue weighted by atomic mass is 10.1. The number of ether oxygens (including phenoxy) is 2. The third-order valence-electron chi connectivity index (χ3n) is 2.38. The average molecular weight is 266 g/mol. The van der Waals surface area contributed by atoms with Gasteiger partial charge in [-0.1, -0.05) is 30.0 Å². The Morgan fingerprint density at radius 3 is 2.70 bits per heavy atom. The molecule has 0 aliphatic heterocycles. The minimum atomic E-state index is -0.833. The Labute approximate surface area is 119 Å². The number of rotatable bonds is 4. The van der Waals surface area contributed by atoms with Crippen LogP contribution in [0.25, 0.3) is 0 Å². The Balaban J connectivity index is 2.77. The van der Waals surface area contributed by atoms with Crippen molar-refractivity contribution in [1.82, 2.24) is 0 Å². The molecular formula is C17H14O3. The van der Waals surface area contributed by atoms with Gasteiger partial charge in [0.15, 0.2) is 6.10 Å². The van der Waals surface area contributed by atoms with Crippen LogP contribution in [0.2, 0.25) is 0 Å². The number of esters is 1. The molecule has 0 N–H and O–H groups in total. The smallest absolute Gasteiger partial charge is 0.385 e. The molecule has 0 fully saturated rings. The van der Waals surface area contributed by atoms with Gasteiger partial charge in [-0.25, -0.2) is 4.79 Å². The number of carbonyl (C=O) groups excluding carboxylic acids is 1. The van der Waals surface area contributed by atoms with Crippen LogP contribution in [-0.4, -0.2) is 13.1 Å². The van der Waals surface area contributed by atoms with Crippen molar-refractivity contribution in [2.45, 2.75) is 18.9 Å². The highest BCUT2D eigenvalue weighted by Gasteiger charge is 2.16. The second kappa shape index (κ2) is 8.30. The van der Waals surface area contributed by atoms with Crippen molar-refractivity contribution >= 4 is 5.97 Å². The summed E-state index contributed by atoms with van der Waals surface area (Å²) < 4.78 is 10.3. The summed E-state index contributed by atoms with van der Waals surface area (Å²) in [5.74, 6) is 9.68. The minimum absolute atomic E-state index is 0.445. The number of methoxy groups -OCH3 is 1. The Morgan fingerprint density at radius 2 is 2.05 bits per heavy atom. The molecule has 0 heterocycles. The van der Waals surface area contributed by atoms with Crippen LogP contribution in [0.3, 0.4) is 0 Å². The van der Waals surface area contributed by atoms with E-state index in [1.54, 1.807) is 24.3 Å². The summed E-state index contributed by atoms with van der Waals surface area (Å²) in [6.45, 7) is 0. The standard InChI is InChI=1S/C17H14O3/c1-4-6-7-8-13-17(18)20-15(5-2)14-11-9-10-12-16(14)19-3/h1-2,9-12,15H,6-7H2,3H3. The van der Waals surface area contributed by atoms with E-state index in [4.69, 9.17) is 22.3 Å². The van der Waals surface area contributed by atoms with Gasteiger partial charge in [-0.15, -0.1) is 18.8 Å². The third kappa shape index (κ3) is 4.45. The largest absolute Gasteiger partial charge is 0.496 e. The summed E-state index contributed by atoms with van der Waals surface area (Å²) in [5.41, 5.74) is 0.608. The molecule has 1 aromatic carbocycles. The van der Waals surface area contributed by atoms with E-state index >= 15 is 0 Å². The zero-order valence-corrected chi connectivity index (χ0v) is 11.2. The van der Waals surface area contributed by atoms with Gasteiger partial charge >= 0.3 is 5.97 Å². The molecule has 0 amide bonds. The highest BCUT2D eigenvalue weighted by Crippen LogP contribution is 2.26. The topological polar surface area (TPSA) is 35.5 Å². The van der Waals surface area contributed by atoms with Gasteiger partial charge in [0.05, 0.1) is 7.11 Å². The fourth-order valence-electron chi connectivity index (χ4n) is 1.48. The molecule has 1 unspecified atom stereocenters. The monoisotopic (exact) mass is 266 g/mol. The van der Waals surface area contributed by atoms with E-state index in [0.29, 0.717) is 24.2 Å². The second-order valence-corrected chi connectivity index (χ2v) is 3.70. The van der Waals surface area contributed by atoms with Crippen molar-refractivity contribution in [3.05, 3.63) is 29.8 Å². The normalized spacial score (nSPS) is 10.2. The summed E-state index contributed by atoms with van der Waals surface area (Å²) in [6.07, 6.45) is 10.6. The van der Waals surface area contributed by atoms with Crippen LogP contribution >= 0.6 is 0 Å².